The SMILES string of the molecule is COC[C@]12CC[C@](O)(C(F)(F)F)C[C@H]1CC[C@H]1[C@@H]3CC[C@H](C(=O)Cc4ccccc4)[C@@]3(C)CC[C@@H]12. The van der Waals surface area contributed by atoms with Crippen molar-refractivity contribution < 1.29 is 27.8 Å². The zero-order chi connectivity index (χ0) is 25.1. The minimum Gasteiger partial charge on any atom is -0.384 e. The van der Waals surface area contributed by atoms with E-state index in [1.807, 2.05) is 30.3 Å². The third-order valence-electron chi connectivity index (χ3n) is 11.0. The number of carbonyl (C=O) groups excluding carboxylic acids is 1. The molecule has 0 aliphatic heterocycles. The number of carbonyl (C=O) groups is 1. The average molecular weight is 493 g/mol. The van der Waals surface area contributed by atoms with Gasteiger partial charge in [0.05, 0.1) is 6.61 Å². The Morgan fingerprint density at radius 1 is 1.03 bits per heavy atom. The summed E-state index contributed by atoms with van der Waals surface area (Å²) in [5, 5.41) is 10.5. The van der Waals surface area contributed by atoms with Crippen LogP contribution in [0.3, 0.4) is 0 Å². The number of benzene rings is 1. The van der Waals surface area contributed by atoms with Crippen molar-refractivity contribution in [3.05, 3.63) is 35.9 Å². The fourth-order valence-corrected chi connectivity index (χ4v) is 9.30. The van der Waals surface area contributed by atoms with Crippen LogP contribution in [0, 0.1) is 40.4 Å². The normalized spacial score (nSPS) is 43.2. The molecular weight excluding hydrogens is 453 g/mol. The van der Waals surface area contributed by atoms with E-state index in [-0.39, 0.29) is 35.5 Å². The van der Waals surface area contributed by atoms with Crippen molar-refractivity contribution in [1.82, 2.24) is 0 Å². The third kappa shape index (κ3) is 3.98. The summed E-state index contributed by atoms with van der Waals surface area (Å²) in [6.45, 7) is 2.78. The van der Waals surface area contributed by atoms with E-state index >= 15 is 0 Å². The van der Waals surface area contributed by atoms with E-state index in [0.29, 0.717) is 49.4 Å². The Kier molecular flexibility index (Phi) is 6.40. The maximum Gasteiger partial charge on any atom is 0.417 e. The molecule has 0 radical (unpaired) electrons. The lowest BCUT2D eigenvalue weighted by molar-refractivity contribution is -0.294. The summed E-state index contributed by atoms with van der Waals surface area (Å²) in [6.07, 6.45) is 1.26. The van der Waals surface area contributed by atoms with Crippen LogP contribution in [0.15, 0.2) is 30.3 Å². The van der Waals surface area contributed by atoms with Crippen molar-refractivity contribution in [3.8, 4) is 0 Å². The van der Waals surface area contributed by atoms with Gasteiger partial charge in [-0.2, -0.15) is 13.2 Å². The summed E-state index contributed by atoms with van der Waals surface area (Å²) in [6, 6.07) is 9.96. The first-order valence-corrected chi connectivity index (χ1v) is 13.4. The van der Waals surface area contributed by atoms with Gasteiger partial charge in [0, 0.05) is 19.4 Å². The number of Topliss-reactive ketones (excluding diaryl/α,β-unsaturated/α-hetero) is 1. The van der Waals surface area contributed by atoms with Crippen LogP contribution in [0.25, 0.3) is 0 Å². The van der Waals surface area contributed by atoms with Gasteiger partial charge >= 0.3 is 6.18 Å². The smallest absolute Gasteiger partial charge is 0.384 e. The summed E-state index contributed by atoms with van der Waals surface area (Å²) < 4.78 is 46.8. The molecule has 1 N–H and O–H groups in total. The van der Waals surface area contributed by atoms with Gasteiger partial charge in [-0.25, -0.2) is 0 Å². The van der Waals surface area contributed by atoms with Gasteiger partial charge in [0.15, 0.2) is 5.60 Å². The molecule has 4 aliphatic carbocycles. The number of ketones is 1. The molecule has 1 aromatic rings. The Labute approximate surface area is 206 Å². The molecule has 0 saturated heterocycles. The topological polar surface area (TPSA) is 46.5 Å². The summed E-state index contributed by atoms with van der Waals surface area (Å²) >= 11 is 0. The van der Waals surface area contributed by atoms with Gasteiger partial charge in [0.25, 0.3) is 0 Å². The number of methoxy groups -OCH3 is 1. The molecule has 4 fully saturated rings. The molecule has 0 heterocycles. The molecule has 5 rings (SSSR count). The molecule has 0 bridgehead atoms. The summed E-state index contributed by atoms with van der Waals surface area (Å²) in [4.78, 5) is 13.4. The molecule has 0 unspecified atom stereocenters. The highest BCUT2D eigenvalue weighted by atomic mass is 19.4. The number of hydrogen-bond donors (Lipinski definition) is 1. The van der Waals surface area contributed by atoms with Gasteiger partial charge in [-0.1, -0.05) is 37.3 Å². The van der Waals surface area contributed by atoms with E-state index < -0.39 is 11.8 Å². The van der Waals surface area contributed by atoms with Gasteiger partial charge in [-0.15, -0.1) is 0 Å². The highest BCUT2D eigenvalue weighted by Crippen LogP contribution is 2.69. The minimum absolute atomic E-state index is 0.0322. The summed E-state index contributed by atoms with van der Waals surface area (Å²) in [5.74, 6) is 1.39. The monoisotopic (exact) mass is 492 g/mol. The van der Waals surface area contributed by atoms with Crippen LogP contribution in [0.2, 0.25) is 0 Å². The lowest BCUT2D eigenvalue weighted by Crippen LogP contribution is -2.61. The number of ether oxygens (including phenoxy) is 1. The van der Waals surface area contributed by atoms with Gasteiger partial charge in [-0.3, -0.25) is 4.79 Å². The van der Waals surface area contributed by atoms with Crippen LogP contribution >= 0.6 is 0 Å². The maximum atomic E-state index is 13.7. The molecule has 194 valence electrons. The Hall–Kier alpha value is -1.40. The van der Waals surface area contributed by atoms with Gasteiger partial charge in [0.2, 0.25) is 0 Å². The third-order valence-corrected chi connectivity index (χ3v) is 11.0. The van der Waals surface area contributed by atoms with Crippen molar-refractivity contribution >= 4 is 5.78 Å². The van der Waals surface area contributed by atoms with E-state index in [9.17, 15) is 23.1 Å². The van der Waals surface area contributed by atoms with E-state index in [2.05, 4.69) is 6.92 Å². The van der Waals surface area contributed by atoms with Crippen molar-refractivity contribution in [3.63, 3.8) is 0 Å². The predicted molar refractivity (Wildman–Crippen MR) is 128 cm³/mol. The Morgan fingerprint density at radius 2 is 1.77 bits per heavy atom. The van der Waals surface area contributed by atoms with Crippen molar-refractivity contribution in [2.75, 3.05) is 13.7 Å². The number of fused-ring (bicyclic) bond motifs is 5. The van der Waals surface area contributed by atoms with Crippen LogP contribution < -0.4 is 0 Å². The van der Waals surface area contributed by atoms with Crippen LogP contribution in [-0.4, -0.2) is 36.4 Å². The van der Waals surface area contributed by atoms with E-state index in [1.54, 1.807) is 7.11 Å². The molecule has 35 heavy (non-hydrogen) atoms. The second-order valence-corrected chi connectivity index (χ2v) is 12.4. The standard InChI is InChI=1S/C29H39F3O3/c1-26-13-12-23-21(22(26)10-11-24(26)25(33)16-19-6-4-3-5-7-19)9-8-20-17-28(34,29(30,31)32)15-14-27(20,23)18-35-2/h3-7,20-24,34H,8-18H2,1-2H3/t20-,21+,22+,23+,24-,26+,27-,28-/m1/s1. The second kappa shape index (κ2) is 8.86. The highest BCUT2D eigenvalue weighted by molar-refractivity contribution is 5.84. The largest absolute Gasteiger partial charge is 0.417 e. The first kappa shape index (κ1) is 25.3. The fraction of sp³-hybridized carbons (Fsp3) is 0.759. The predicted octanol–water partition coefficient (Wildman–Crippen LogP) is 6.38. The van der Waals surface area contributed by atoms with Crippen LogP contribution in [-0.2, 0) is 16.0 Å². The minimum atomic E-state index is -4.59. The molecule has 0 spiro atoms. The molecule has 6 heteroatoms. The van der Waals surface area contributed by atoms with Crippen LogP contribution in [0.5, 0.6) is 0 Å². The Morgan fingerprint density at radius 3 is 2.46 bits per heavy atom. The number of hydrogen-bond acceptors (Lipinski definition) is 3. The average Bonchev–Trinajstić information content (AvgIpc) is 3.17. The lowest BCUT2D eigenvalue weighted by atomic mass is 9.43. The Balaban J connectivity index is 1.37. The zero-order valence-corrected chi connectivity index (χ0v) is 20.9. The molecule has 0 aromatic heterocycles. The van der Waals surface area contributed by atoms with E-state index in [1.165, 1.54) is 0 Å². The van der Waals surface area contributed by atoms with E-state index in [4.69, 9.17) is 4.74 Å². The molecule has 8 atom stereocenters. The fourth-order valence-electron chi connectivity index (χ4n) is 9.30. The van der Waals surface area contributed by atoms with Crippen LogP contribution in [0.4, 0.5) is 13.2 Å². The van der Waals surface area contributed by atoms with Gasteiger partial charge in [0.1, 0.15) is 5.78 Å². The maximum absolute atomic E-state index is 13.7. The molecule has 4 aliphatic rings. The first-order valence-electron chi connectivity index (χ1n) is 13.4. The van der Waals surface area contributed by atoms with Crippen molar-refractivity contribution in [2.45, 2.75) is 82.9 Å². The molecule has 0 amide bonds. The molecule has 3 nitrogen and oxygen atoms in total. The lowest BCUT2D eigenvalue weighted by Gasteiger charge is -2.62. The first-order chi connectivity index (χ1) is 16.5. The number of halogens is 3. The second-order valence-electron chi connectivity index (χ2n) is 12.4. The zero-order valence-electron chi connectivity index (χ0n) is 20.9. The summed E-state index contributed by atoms with van der Waals surface area (Å²) in [7, 11) is 1.65. The quantitative estimate of drug-likeness (QED) is 0.519. The van der Waals surface area contributed by atoms with Crippen molar-refractivity contribution in [1.29, 1.82) is 0 Å². The Bertz CT molecular complexity index is 933. The molecule has 1 aromatic carbocycles. The van der Waals surface area contributed by atoms with E-state index in [0.717, 1.165) is 37.7 Å². The van der Waals surface area contributed by atoms with Gasteiger partial charge < -0.3 is 9.84 Å². The van der Waals surface area contributed by atoms with Gasteiger partial charge in [-0.05, 0) is 97.9 Å². The number of aliphatic hydroxyl groups is 1. The van der Waals surface area contributed by atoms with Crippen molar-refractivity contribution in [2.24, 2.45) is 40.4 Å². The number of alkyl halides is 3. The highest BCUT2D eigenvalue weighted by Gasteiger charge is 2.66. The molecule has 4 saturated carbocycles. The van der Waals surface area contributed by atoms with Crippen LogP contribution in [0.1, 0.15) is 70.3 Å². The molecular formula is C29H39F3O3. The number of rotatable bonds is 5. The summed E-state index contributed by atoms with van der Waals surface area (Å²) in [5.41, 5.74) is -1.84.